The minimum atomic E-state index is -1.51. The van der Waals surface area contributed by atoms with E-state index in [2.05, 4.69) is 16.0 Å². The third-order valence-corrected chi connectivity index (χ3v) is 4.31. The monoisotopic (exact) mass is 433 g/mol. The third-order valence-electron chi connectivity index (χ3n) is 4.31. The second-order valence-corrected chi connectivity index (χ2v) is 6.77. The Kier molecular flexibility index (Phi) is 12.2. The summed E-state index contributed by atoms with van der Waals surface area (Å²) in [7, 11) is 0. The largest absolute Gasteiger partial charge is 0.480 e. The average molecular weight is 433 g/mol. The molecule has 9 N–H and O–H groups in total. The van der Waals surface area contributed by atoms with Gasteiger partial charge in [-0.05, 0) is 12.8 Å². The van der Waals surface area contributed by atoms with Crippen molar-refractivity contribution in [3.05, 3.63) is 0 Å². The summed E-state index contributed by atoms with van der Waals surface area (Å²) in [4.78, 5) is 58.3. The second kappa shape index (κ2) is 13.5. The number of hydrogen-bond acceptors (Lipinski definition) is 8. The Labute approximate surface area is 173 Å². The van der Waals surface area contributed by atoms with Crippen molar-refractivity contribution >= 4 is 29.6 Å². The molecular formula is C17H31N5O8. The third kappa shape index (κ3) is 9.62. The first-order valence-electron chi connectivity index (χ1n) is 9.35. The van der Waals surface area contributed by atoms with Gasteiger partial charge in [0.25, 0.3) is 0 Å². The molecule has 0 aromatic rings. The van der Waals surface area contributed by atoms with Crippen molar-refractivity contribution < 1.29 is 39.3 Å². The number of nitrogens with one attached hydrogen (secondary N) is 4. The van der Waals surface area contributed by atoms with Crippen LogP contribution in [0.25, 0.3) is 0 Å². The predicted molar refractivity (Wildman–Crippen MR) is 104 cm³/mol. The summed E-state index contributed by atoms with van der Waals surface area (Å²) in [6.07, 6.45) is -0.627. The van der Waals surface area contributed by atoms with Crippen LogP contribution in [0.4, 0.5) is 0 Å². The first-order chi connectivity index (χ1) is 13.9. The van der Waals surface area contributed by atoms with E-state index in [0.717, 1.165) is 0 Å². The molecule has 172 valence electrons. The summed E-state index contributed by atoms with van der Waals surface area (Å²) < 4.78 is 0. The maximum atomic E-state index is 12.2. The van der Waals surface area contributed by atoms with E-state index in [-0.39, 0.29) is 5.92 Å². The van der Waals surface area contributed by atoms with Gasteiger partial charge in [-0.25, -0.2) is 4.79 Å². The summed E-state index contributed by atoms with van der Waals surface area (Å²) in [6, 6.07) is -3.73. The number of hydrogen-bond donors (Lipinski definition) is 8. The van der Waals surface area contributed by atoms with Gasteiger partial charge >= 0.3 is 5.97 Å². The number of rotatable bonds is 13. The summed E-state index contributed by atoms with van der Waals surface area (Å²) in [5.41, 5.74) is 5.79. The van der Waals surface area contributed by atoms with Crippen molar-refractivity contribution in [3.8, 4) is 0 Å². The highest BCUT2D eigenvalue weighted by molar-refractivity contribution is 5.93. The molecule has 0 heterocycles. The van der Waals surface area contributed by atoms with E-state index in [4.69, 9.17) is 15.9 Å². The molecule has 30 heavy (non-hydrogen) atoms. The zero-order valence-corrected chi connectivity index (χ0v) is 17.2. The molecule has 13 nitrogen and oxygen atoms in total. The molecule has 0 aliphatic carbocycles. The molecular weight excluding hydrogens is 402 g/mol. The number of carboxylic acid groups (broad SMARTS) is 1. The van der Waals surface area contributed by atoms with Crippen LogP contribution in [0.1, 0.15) is 27.2 Å². The molecule has 0 aliphatic heterocycles. The van der Waals surface area contributed by atoms with E-state index in [9.17, 15) is 29.1 Å². The van der Waals surface area contributed by atoms with Crippen molar-refractivity contribution in [1.82, 2.24) is 21.3 Å². The highest BCUT2D eigenvalue weighted by atomic mass is 16.4. The smallest absolute Gasteiger partial charge is 0.328 e. The van der Waals surface area contributed by atoms with Crippen LogP contribution in [0.5, 0.6) is 0 Å². The highest BCUT2D eigenvalue weighted by Crippen LogP contribution is 2.06. The molecule has 0 bridgehead atoms. The second-order valence-electron chi connectivity index (χ2n) is 6.77. The number of aliphatic hydroxyl groups is 2. The van der Waals surface area contributed by atoms with Gasteiger partial charge in [-0.2, -0.15) is 0 Å². The Morgan fingerprint density at radius 3 is 1.97 bits per heavy atom. The number of amides is 4. The summed E-state index contributed by atoms with van der Waals surface area (Å²) in [6.45, 7) is 2.92. The van der Waals surface area contributed by atoms with Crippen LogP contribution in [0, 0.1) is 5.92 Å². The van der Waals surface area contributed by atoms with E-state index in [1.807, 2.05) is 12.2 Å². The molecule has 0 spiro atoms. The summed E-state index contributed by atoms with van der Waals surface area (Å²) in [5.74, 6) is -4.68. The normalized spacial score (nSPS) is 15.7. The molecule has 0 aromatic heterocycles. The van der Waals surface area contributed by atoms with Crippen LogP contribution in [-0.2, 0) is 24.0 Å². The molecule has 13 heteroatoms. The standard InChI is InChI=1S/C17H31N5O8/c1-4-8(2)13(18)15(27)22-14(9(3)24)16(28)20-5-11(25)19-6-12(26)21-10(7-23)17(29)30/h8-10,13-14,23-24H,4-7,18H2,1-3H3,(H,19,25)(H,20,28)(H,21,26)(H,22,27)(H,29,30)/t8?,9-,10-,13?,14-/m0/s1. The fourth-order valence-corrected chi connectivity index (χ4v) is 2.12. The van der Waals surface area contributed by atoms with Crippen LogP contribution in [0.2, 0.25) is 0 Å². The Morgan fingerprint density at radius 1 is 0.933 bits per heavy atom. The van der Waals surface area contributed by atoms with Crippen LogP contribution >= 0.6 is 0 Å². The molecule has 0 fully saturated rings. The number of aliphatic hydroxyl groups excluding tert-OH is 2. The Hall–Kier alpha value is -2.77. The molecule has 2 unspecified atom stereocenters. The molecule has 0 radical (unpaired) electrons. The van der Waals surface area contributed by atoms with Crippen LogP contribution in [0.3, 0.4) is 0 Å². The molecule has 0 aromatic carbocycles. The lowest BCUT2D eigenvalue weighted by atomic mass is 9.99. The molecule has 0 saturated heterocycles. The zero-order chi connectivity index (χ0) is 23.4. The van der Waals surface area contributed by atoms with Crippen molar-refractivity contribution in [3.63, 3.8) is 0 Å². The Bertz CT molecular complexity index is 627. The minimum Gasteiger partial charge on any atom is -0.480 e. The van der Waals surface area contributed by atoms with Gasteiger partial charge in [0, 0.05) is 0 Å². The van der Waals surface area contributed by atoms with Gasteiger partial charge < -0.3 is 42.3 Å². The Morgan fingerprint density at radius 2 is 1.50 bits per heavy atom. The number of nitrogens with two attached hydrogens (primary N) is 1. The first kappa shape index (κ1) is 27.2. The first-order valence-corrected chi connectivity index (χ1v) is 9.35. The van der Waals surface area contributed by atoms with Gasteiger partial charge in [0.05, 0.1) is 31.8 Å². The number of carbonyl (C=O) groups excluding carboxylic acids is 4. The molecule has 0 aliphatic rings. The van der Waals surface area contributed by atoms with Gasteiger partial charge in [0.15, 0.2) is 0 Å². The van der Waals surface area contributed by atoms with Crippen molar-refractivity contribution in [2.24, 2.45) is 11.7 Å². The SMILES string of the molecule is CCC(C)C(N)C(=O)N[C@H](C(=O)NCC(=O)NCC(=O)N[C@@H](CO)C(=O)O)[C@H](C)O. The van der Waals surface area contributed by atoms with Gasteiger partial charge in [-0.1, -0.05) is 20.3 Å². The zero-order valence-electron chi connectivity index (χ0n) is 17.2. The fourth-order valence-electron chi connectivity index (χ4n) is 2.12. The van der Waals surface area contributed by atoms with E-state index in [0.29, 0.717) is 6.42 Å². The van der Waals surface area contributed by atoms with Crippen LogP contribution in [0.15, 0.2) is 0 Å². The van der Waals surface area contributed by atoms with Crippen molar-refractivity contribution in [1.29, 1.82) is 0 Å². The molecule has 4 amide bonds. The topological polar surface area (TPSA) is 220 Å². The lowest BCUT2D eigenvalue weighted by Gasteiger charge is -2.24. The average Bonchev–Trinajstić information content (AvgIpc) is 2.70. The maximum Gasteiger partial charge on any atom is 0.328 e. The summed E-state index contributed by atoms with van der Waals surface area (Å²) >= 11 is 0. The van der Waals surface area contributed by atoms with Crippen LogP contribution < -0.4 is 27.0 Å². The summed E-state index contributed by atoms with van der Waals surface area (Å²) in [5, 5.41) is 36.0. The molecule has 0 rings (SSSR count). The van der Waals surface area contributed by atoms with E-state index in [1.165, 1.54) is 6.92 Å². The van der Waals surface area contributed by atoms with Gasteiger partial charge in [0.1, 0.15) is 12.1 Å². The van der Waals surface area contributed by atoms with Crippen LogP contribution in [-0.4, -0.2) is 88.8 Å². The number of carbonyl (C=O) groups is 5. The van der Waals surface area contributed by atoms with E-state index in [1.54, 1.807) is 6.92 Å². The highest BCUT2D eigenvalue weighted by Gasteiger charge is 2.29. The number of carboxylic acids is 1. The fraction of sp³-hybridized carbons (Fsp3) is 0.706. The van der Waals surface area contributed by atoms with E-state index >= 15 is 0 Å². The molecule has 5 atom stereocenters. The van der Waals surface area contributed by atoms with Gasteiger partial charge in [0.2, 0.25) is 23.6 Å². The number of aliphatic carboxylic acids is 1. The van der Waals surface area contributed by atoms with E-state index < -0.39 is 73.5 Å². The maximum absolute atomic E-state index is 12.2. The minimum absolute atomic E-state index is 0.147. The molecule has 0 saturated carbocycles. The van der Waals surface area contributed by atoms with Gasteiger partial charge in [-0.3, -0.25) is 19.2 Å². The van der Waals surface area contributed by atoms with Crippen molar-refractivity contribution in [2.45, 2.75) is 51.4 Å². The van der Waals surface area contributed by atoms with Gasteiger partial charge in [-0.15, -0.1) is 0 Å². The lowest BCUT2D eigenvalue weighted by molar-refractivity contribution is -0.142. The quantitative estimate of drug-likeness (QED) is 0.142. The Balaban J connectivity index is 4.58. The van der Waals surface area contributed by atoms with Crippen molar-refractivity contribution in [2.75, 3.05) is 19.7 Å². The lowest BCUT2D eigenvalue weighted by Crippen LogP contribution is -2.57. The predicted octanol–water partition coefficient (Wildman–Crippen LogP) is -3.98.